The molecule has 33 heavy (non-hydrogen) atoms. The van der Waals surface area contributed by atoms with Crippen molar-refractivity contribution in [2.45, 2.75) is 51.1 Å². The van der Waals surface area contributed by atoms with E-state index in [-0.39, 0.29) is 36.0 Å². The van der Waals surface area contributed by atoms with Gasteiger partial charge < -0.3 is 15.1 Å². The lowest BCUT2D eigenvalue weighted by atomic mass is 9.87. The molecule has 0 bridgehead atoms. The fraction of sp³-hybridized carbons (Fsp3) is 0.360. The van der Waals surface area contributed by atoms with Gasteiger partial charge in [0.05, 0.1) is 12.5 Å². The van der Waals surface area contributed by atoms with Crippen molar-refractivity contribution in [3.63, 3.8) is 0 Å². The average molecular weight is 451 g/mol. The molecule has 1 saturated heterocycles. The highest BCUT2D eigenvalue weighted by molar-refractivity contribution is 5.94. The number of hydrogen-bond donors (Lipinski definition) is 2. The maximum Gasteiger partial charge on any atom is 0.237 e. The summed E-state index contributed by atoms with van der Waals surface area (Å²) in [5.41, 5.74) is 1.89. The van der Waals surface area contributed by atoms with Crippen molar-refractivity contribution >= 4 is 11.7 Å². The summed E-state index contributed by atoms with van der Waals surface area (Å²) in [6.07, 6.45) is 2.53. The first-order chi connectivity index (χ1) is 16.0. The molecule has 172 valence electrons. The number of amides is 1. The van der Waals surface area contributed by atoms with Crippen molar-refractivity contribution in [3.05, 3.63) is 71.7 Å². The molecule has 0 saturated carbocycles. The van der Waals surface area contributed by atoms with Crippen molar-refractivity contribution in [3.8, 4) is 11.1 Å². The van der Waals surface area contributed by atoms with Crippen LogP contribution in [0.5, 0.6) is 0 Å². The molecule has 0 radical (unpaired) electrons. The van der Waals surface area contributed by atoms with E-state index in [1.165, 1.54) is 0 Å². The first kappa shape index (κ1) is 22.8. The number of Topliss-reactive ketones (excluding diaryl/α,β-unsaturated/α-hetero) is 1. The SMILES string of the molecule is CC(C)c1ccc(C(NC(=O)C2CCCN2)C(=O)Cc2nnco2)c(-c2ccccc2)c1F. The van der Waals surface area contributed by atoms with Gasteiger partial charge in [0, 0.05) is 5.56 Å². The van der Waals surface area contributed by atoms with E-state index < -0.39 is 11.9 Å². The van der Waals surface area contributed by atoms with E-state index in [2.05, 4.69) is 20.8 Å². The van der Waals surface area contributed by atoms with Crippen LogP contribution in [0.3, 0.4) is 0 Å². The Morgan fingerprint density at radius 1 is 1.18 bits per heavy atom. The van der Waals surface area contributed by atoms with Gasteiger partial charge in [-0.05, 0) is 42.0 Å². The van der Waals surface area contributed by atoms with E-state index in [1.54, 1.807) is 24.3 Å². The van der Waals surface area contributed by atoms with E-state index in [9.17, 15) is 9.59 Å². The molecule has 8 heteroatoms. The summed E-state index contributed by atoms with van der Waals surface area (Å²) in [6, 6.07) is 11.0. The molecule has 0 aliphatic carbocycles. The third kappa shape index (κ3) is 5.01. The van der Waals surface area contributed by atoms with Gasteiger partial charge in [0.15, 0.2) is 5.78 Å². The van der Waals surface area contributed by atoms with E-state index in [1.807, 2.05) is 32.0 Å². The molecule has 1 amide bonds. The van der Waals surface area contributed by atoms with Gasteiger partial charge in [0.1, 0.15) is 11.9 Å². The highest BCUT2D eigenvalue weighted by Gasteiger charge is 2.32. The van der Waals surface area contributed by atoms with E-state index >= 15 is 4.39 Å². The summed E-state index contributed by atoms with van der Waals surface area (Å²) >= 11 is 0. The second-order valence-corrected chi connectivity index (χ2v) is 8.52. The third-order valence-corrected chi connectivity index (χ3v) is 5.92. The van der Waals surface area contributed by atoms with Crippen molar-refractivity contribution in [2.75, 3.05) is 6.54 Å². The van der Waals surface area contributed by atoms with Gasteiger partial charge >= 0.3 is 0 Å². The smallest absolute Gasteiger partial charge is 0.237 e. The molecule has 2 N–H and O–H groups in total. The van der Waals surface area contributed by atoms with Crippen LogP contribution in [0.15, 0.2) is 53.3 Å². The second kappa shape index (κ2) is 10.0. The number of carbonyl (C=O) groups excluding carboxylic acids is 2. The lowest BCUT2D eigenvalue weighted by molar-refractivity contribution is -0.128. The first-order valence-electron chi connectivity index (χ1n) is 11.1. The van der Waals surface area contributed by atoms with Gasteiger partial charge in [-0.3, -0.25) is 9.59 Å². The number of ketones is 1. The number of nitrogens with one attached hydrogen (secondary N) is 2. The summed E-state index contributed by atoms with van der Waals surface area (Å²) in [4.78, 5) is 26.4. The normalized spacial score (nSPS) is 16.7. The summed E-state index contributed by atoms with van der Waals surface area (Å²) in [7, 11) is 0. The van der Waals surface area contributed by atoms with Gasteiger partial charge in [-0.1, -0.05) is 56.3 Å². The molecule has 1 aliphatic rings. The van der Waals surface area contributed by atoms with Crippen LogP contribution in [-0.2, 0) is 16.0 Å². The van der Waals surface area contributed by atoms with Crippen LogP contribution in [0.4, 0.5) is 4.39 Å². The molecule has 1 aromatic heterocycles. The molecular formula is C25H27FN4O3. The van der Waals surface area contributed by atoms with Gasteiger partial charge in [-0.2, -0.15) is 0 Å². The Balaban J connectivity index is 1.80. The predicted octanol–water partition coefficient (Wildman–Crippen LogP) is 3.72. The zero-order valence-electron chi connectivity index (χ0n) is 18.7. The Hall–Kier alpha value is -3.39. The average Bonchev–Trinajstić information content (AvgIpc) is 3.52. The maximum absolute atomic E-state index is 15.8. The molecule has 2 atom stereocenters. The second-order valence-electron chi connectivity index (χ2n) is 8.52. The molecule has 7 nitrogen and oxygen atoms in total. The number of halogens is 1. The summed E-state index contributed by atoms with van der Waals surface area (Å²) in [5.74, 6) is -0.953. The van der Waals surface area contributed by atoms with Gasteiger partial charge in [0.2, 0.25) is 18.2 Å². The zero-order valence-corrected chi connectivity index (χ0v) is 18.7. The quantitative estimate of drug-likeness (QED) is 0.543. The number of nitrogens with zero attached hydrogens (tertiary/aromatic N) is 2. The van der Waals surface area contributed by atoms with Crippen LogP contribution in [-0.4, -0.2) is 34.5 Å². The number of benzene rings is 2. The van der Waals surface area contributed by atoms with Crippen LogP contribution >= 0.6 is 0 Å². The highest BCUT2D eigenvalue weighted by atomic mass is 19.1. The van der Waals surface area contributed by atoms with Gasteiger partial charge in [-0.25, -0.2) is 4.39 Å². The van der Waals surface area contributed by atoms with Crippen LogP contribution in [0, 0.1) is 5.82 Å². The third-order valence-electron chi connectivity index (χ3n) is 5.92. The standard InChI is InChI=1S/C25H27FN4O3/c1-15(2)17-10-11-18(22(23(17)26)16-7-4-3-5-8-16)24(20(31)13-21-30-28-14-33-21)29-25(32)19-9-6-12-27-19/h3-5,7-8,10-11,14-15,19,24,27H,6,9,12-13H2,1-2H3,(H,29,32). The Morgan fingerprint density at radius 3 is 2.58 bits per heavy atom. The minimum atomic E-state index is -1.07. The molecule has 2 aromatic carbocycles. The van der Waals surface area contributed by atoms with E-state index in [4.69, 9.17) is 4.42 Å². The number of hydrogen-bond acceptors (Lipinski definition) is 6. The van der Waals surface area contributed by atoms with Gasteiger partial charge in [0.25, 0.3) is 0 Å². The van der Waals surface area contributed by atoms with E-state index in [0.717, 1.165) is 19.4 Å². The molecule has 1 fully saturated rings. The van der Waals surface area contributed by atoms with Crippen LogP contribution in [0.25, 0.3) is 11.1 Å². The molecule has 2 heterocycles. The van der Waals surface area contributed by atoms with Crippen molar-refractivity contribution < 1.29 is 18.4 Å². The minimum absolute atomic E-state index is 0.0497. The zero-order chi connectivity index (χ0) is 23.4. The number of rotatable bonds is 8. The molecule has 3 aromatic rings. The lowest BCUT2D eigenvalue weighted by Crippen LogP contribution is -2.44. The summed E-state index contributed by atoms with van der Waals surface area (Å²) in [6.45, 7) is 4.57. The Morgan fingerprint density at radius 2 is 1.94 bits per heavy atom. The van der Waals surface area contributed by atoms with Crippen LogP contribution < -0.4 is 10.6 Å². The fourth-order valence-electron chi connectivity index (χ4n) is 4.20. The largest absolute Gasteiger partial charge is 0.428 e. The monoisotopic (exact) mass is 450 g/mol. The fourth-order valence-corrected chi connectivity index (χ4v) is 4.20. The molecule has 4 rings (SSSR count). The molecule has 2 unspecified atom stereocenters. The summed E-state index contributed by atoms with van der Waals surface area (Å²) in [5, 5.41) is 13.4. The van der Waals surface area contributed by atoms with Crippen molar-refractivity contribution in [1.29, 1.82) is 0 Å². The lowest BCUT2D eigenvalue weighted by Gasteiger charge is -2.24. The Bertz CT molecular complexity index is 1110. The maximum atomic E-state index is 15.8. The Kier molecular flexibility index (Phi) is 6.93. The minimum Gasteiger partial charge on any atom is -0.428 e. The van der Waals surface area contributed by atoms with Crippen LogP contribution in [0.1, 0.15) is 55.7 Å². The number of aromatic nitrogens is 2. The molecular weight excluding hydrogens is 423 g/mol. The topological polar surface area (TPSA) is 97.1 Å². The van der Waals surface area contributed by atoms with Crippen molar-refractivity contribution in [2.24, 2.45) is 0 Å². The molecule has 0 spiro atoms. The van der Waals surface area contributed by atoms with E-state index in [0.29, 0.717) is 28.7 Å². The number of carbonyl (C=O) groups is 2. The highest BCUT2D eigenvalue weighted by Crippen LogP contribution is 2.36. The van der Waals surface area contributed by atoms with Crippen LogP contribution in [0.2, 0.25) is 0 Å². The van der Waals surface area contributed by atoms with Crippen molar-refractivity contribution in [1.82, 2.24) is 20.8 Å². The summed E-state index contributed by atoms with van der Waals surface area (Å²) < 4.78 is 21.0. The van der Waals surface area contributed by atoms with Gasteiger partial charge in [-0.15, -0.1) is 10.2 Å². The molecule has 1 aliphatic heterocycles. The predicted molar refractivity (Wildman–Crippen MR) is 121 cm³/mol. The Labute approximate surface area is 191 Å². The first-order valence-corrected chi connectivity index (χ1v) is 11.1.